The molecule has 0 bridgehead atoms. The van der Waals surface area contributed by atoms with Crippen LogP contribution in [0, 0.1) is 0 Å². The summed E-state index contributed by atoms with van der Waals surface area (Å²) in [5, 5.41) is 13.5. The highest BCUT2D eigenvalue weighted by atomic mass is 79.9. The van der Waals surface area contributed by atoms with Crippen LogP contribution < -0.4 is 5.32 Å². The van der Waals surface area contributed by atoms with E-state index in [1.165, 1.54) is 0 Å². The van der Waals surface area contributed by atoms with E-state index in [4.69, 9.17) is 4.42 Å². The van der Waals surface area contributed by atoms with E-state index in [1.54, 1.807) is 11.3 Å². The molecule has 102 valence electrons. The summed E-state index contributed by atoms with van der Waals surface area (Å²) >= 11 is 5.00. The lowest BCUT2D eigenvalue weighted by Crippen LogP contribution is -2.06. The van der Waals surface area contributed by atoms with Gasteiger partial charge in [0.15, 0.2) is 0 Å². The Bertz CT molecular complexity index is 679. The quantitative estimate of drug-likeness (QED) is 0.739. The van der Waals surface area contributed by atoms with Gasteiger partial charge in [-0.25, -0.2) is 0 Å². The molecule has 0 aliphatic rings. The fraction of sp³-hybridized carbons (Fsp3) is 0.143. The minimum Gasteiger partial charge on any atom is -0.418 e. The van der Waals surface area contributed by atoms with Crippen LogP contribution in [0.4, 0.5) is 5.69 Å². The highest BCUT2D eigenvalue weighted by Crippen LogP contribution is 2.26. The summed E-state index contributed by atoms with van der Waals surface area (Å²) in [4.78, 5) is 0.986. The monoisotopic (exact) mass is 349 g/mol. The zero-order valence-corrected chi connectivity index (χ0v) is 13.1. The smallest absolute Gasteiger partial charge is 0.257 e. The average Bonchev–Trinajstić information content (AvgIpc) is 3.11. The predicted molar refractivity (Wildman–Crippen MR) is 83.8 cm³/mol. The maximum atomic E-state index is 5.70. The molecule has 0 spiro atoms. The Morgan fingerprint density at radius 3 is 2.70 bits per heavy atom. The minimum atomic E-state index is -0.0441. The molecule has 2 heterocycles. The van der Waals surface area contributed by atoms with Gasteiger partial charge in [0, 0.05) is 10.2 Å². The van der Waals surface area contributed by atoms with Crippen molar-refractivity contribution < 1.29 is 4.42 Å². The fourth-order valence-corrected chi connectivity index (χ4v) is 2.68. The summed E-state index contributed by atoms with van der Waals surface area (Å²) in [6.45, 7) is 1.99. The Morgan fingerprint density at radius 2 is 2.00 bits per heavy atom. The van der Waals surface area contributed by atoms with Gasteiger partial charge in [0.05, 0.1) is 4.88 Å². The van der Waals surface area contributed by atoms with Gasteiger partial charge in [0.25, 0.3) is 5.89 Å². The Kier molecular flexibility index (Phi) is 3.84. The van der Waals surface area contributed by atoms with Crippen molar-refractivity contribution in [1.29, 1.82) is 0 Å². The third-order valence-corrected chi connectivity index (χ3v) is 4.16. The van der Waals surface area contributed by atoms with E-state index in [-0.39, 0.29) is 6.04 Å². The number of aromatic nitrogens is 2. The van der Waals surface area contributed by atoms with Crippen LogP contribution in [-0.4, -0.2) is 10.2 Å². The normalized spacial score (nSPS) is 12.3. The molecular formula is C14H12BrN3OS. The summed E-state index contributed by atoms with van der Waals surface area (Å²) in [6.07, 6.45) is 0. The third-order valence-electron chi connectivity index (χ3n) is 2.77. The van der Waals surface area contributed by atoms with E-state index in [9.17, 15) is 0 Å². The molecule has 3 rings (SSSR count). The number of halogens is 1. The van der Waals surface area contributed by atoms with Crippen molar-refractivity contribution >= 4 is 33.0 Å². The van der Waals surface area contributed by atoms with Gasteiger partial charge in [-0.15, -0.1) is 21.5 Å². The van der Waals surface area contributed by atoms with Gasteiger partial charge < -0.3 is 9.73 Å². The van der Waals surface area contributed by atoms with Crippen LogP contribution in [-0.2, 0) is 0 Å². The molecule has 6 heteroatoms. The van der Waals surface area contributed by atoms with E-state index >= 15 is 0 Å². The highest BCUT2D eigenvalue weighted by Gasteiger charge is 2.15. The van der Waals surface area contributed by atoms with Crippen LogP contribution in [0.5, 0.6) is 0 Å². The van der Waals surface area contributed by atoms with Gasteiger partial charge in [-0.3, -0.25) is 0 Å². The molecule has 0 saturated heterocycles. The van der Waals surface area contributed by atoms with Gasteiger partial charge in [-0.05, 0) is 42.6 Å². The minimum absolute atomic E-state index is 0.0441. The first-order valence-electron chi connectivity index (χ1n) is 6.12. The molecule has 0 aliphatic carbocycles. The van der Waals surface area contributed by atoms with Crippen molar-refractivity contribution in [1.82, 2.24) is 10.2 Å². The number of nitrogens with zero attached hydrogens (tertiary/aromatic N) is 2. The van der Waals surface area contributed by atoms with Crippen molar-refractivity contribution in [3.63, 3.8) is 0 Å². The topological polar surface area (TPSA) is 51.0 Å². The van der Waals surface area contributed by atoms with Crippen molar-refractivity contribution in [2.24, 2.45) is 0 Å². The molecular weight excluding hydrogens is 338 g/mol. The molecule has 2 aromatic heterocycles. The fourth-order valence-electron chi connectivity index (χ4n) is 1.77. The average molecular weight is 350 g/mol. The number of nitrogens with one attached hydrogen (secondary N) is 1. The molecule has 0 aliphatic heterocycles. The molecule has 3 aromatic rings. The summed E-state index contributed by atoms with van der Waals surface area (Å²) in [6, 6.07) is 11.9. The van der Waals surface area contributed by atoms with Gasteiger partial charge in [0.1, 0.15) is 6.04 Å². The number of hydrogen-bond donors (Lipinski definition) is 1. The van der Waals surface area contributed by atoms with Gasteiger partial charge in [-0.2, -0.15) is 0 Å². The summed E-state index contributed by atoms with van der Waals surface area (Å²) < 4.78 is 6.75. The second-order valence-electron chi connectivity index (χ2n) is 4.30. The van der Waals surface area contributed by atoms with Crippen LogP contribution in [0.3, 0.4) is 0 Å². The van der Waals surface area contributed by atoms with Crippen molar-refractivity contribution in [2.75, 3.05) is 5.32 Å². The standard InChI is InChI=1S/C14H12BrN3OS/c1-9(16-11-6-4-10(15)5-7-11)13-17-18-14(19-13)12-3-2-8-20-12/h2-9,16H,1H3. The number of rotatable bonds is 4. The first kappa shape index (κ1) is 13.3. The van der Waals surface area contributed by atoms with E-state index in [0.29, 0.717) is 11.8 Å². The van der Waals surface area contributed by atoms with Gasteiger partial charge >= 0.3 is 0 Å². The lowest BCUT2D eigenvalue weighted by molar-refractivity contribution is 0.486. The summed E-state index contributed by atoms with van der Waals surface area (Å²) in [5.74, 6) is 1.15. The highest BCUT2D eigenvalue weighted by molar-refractivity contribution is 9.10. The van der Waals surface area contributed by atoms with E-state index < -0.39 is 0 Å². The van der Waals surface area contributed by atoms with Crippen molar-refractivity contribution in [3.05, 3.63) is 52.1 Å². The van der Waals surface area contributed by atoms with Gasteiger partial charge in [-0.1, -0.05) is 22.0 Å². The Morgan fingerprint density at radius 1 is 1.20 bits per heavy atom. The van der Waals surface area contributed by atoms with Crippen LogP contribution in [0.2, 0.25) is 0 Å². The number of benzene rings is 1. The molecule has 0 amide bonds. The van der Waals surface area contributed by atoms with Crippen LogP contribution in [0.1, 0.15) is 18.9 Å². The zero-order valence-electron chi connectivity index (χ0n) is 10.7. The first-order chi connectivity index (χ1) is 9.72. The van der Waals surface area contributed by atoms with Gasteiger partial charge in [0.2, 0.25) is 5.89 Å². The maximum absolute atomic E-state index is 5.70. The third kappa shape index (κ3) is 2.91. The lowest BCUT2D eigenvalue weighted by atomic mass is 10.2. The Labute approximate surface area is 129 Å². The van der Waals surface area contributed by atoms with Crippen LogP contribution in [0.25, 0.3) is 10.8 Å². The molecule has 20 heavy (non-hydrogen) atoms. The number of anilines is 1. The molecule has 1 aromatic carbocycles. The summed E-state index contributed by atoms with van der Waals surface area (Å²) in [5.41, 5.74) is 1.01. The van der Waals surface area contributed by atoms with Crippen LogP contribution >= 0.6 is 27.3 Å². The second-order valence-corrected chi connectivity index (χ2v) is 6.16. The Hall–Kier alpha value is -1.66. The van der Waals surface area contributed by atoms with Crippen molar-refractivity contribution in [3.8, 4) is 10.8 Å². The molecule has 4 nitrogen and oxygen atoms in total. The molecule has 0 radical (unpaired) electrons. The molecule has 0 saturated carbocycles. The summed E-state index contributed by atoms with van der Waals surface area (Å²) in [7, 11) is 0. The van der Waals surface area contributed by atoms with E-state index in [1.807, 2.05) is 48.7 Å². The number of hydrogen-bond acceptors (Lipinski definition) is 5. The first-order valence-corrected chi connectivity index (χ1v) is 7.79. The maximum Gasteiger partial charge on any atom is 0.257 e. The molecule has 1 atom stereocenters. The van der Waals surface area contributed by atoms with Crippen LogP contribution in [0.15, 0.2) is 50.7 Å². The van der Waals surface area contributed by atoms with Crippen molar-refractivity contribution in [2.45, 2.75) is 13.0 Å². The molecule has 0 fully saturated rings. The predicted octanol–water partition coefficient (Wildman–Crippen LogP) is 4.73. The van der Waals surface area contributed by atoms with E-state index in [2.05, 4.69) is 31.4 Å². The number of thiophene rings is 1. The molecule has 1 unspecified atom stereocenters. The Balaban J connectivity index is 1.74. The van der Waals surface area contributed by atoms with E-state index in [0.717, 1.165) is 15.0 Å². The second kappa shape index (κ2) is 5.76. The molecule has 1 N–H and O–H groups in total. The zero-order chi connectivity index (χ0) is 13.9. The SMILES string of the molecule is CC(Nc1ccc(Br)cc1)c1nnc(-c2cccs2)o1. The largest absolute Gasteiger partial charge is 0.418 e. The lowest BCUT2D eigenvalue weighted by Gasteiger charge is -2.11.